The van der Waals surface area contributed by atoms with Crippen LogP contribution >= 0.6 is 0 Å². The molecule has 0 bridgehead atoms. The third-order valence-electron chi connectivity index (χ3n) is 4.09. The smallest absolute Gasteiger partial charge is 0.390 e. The Balaban J connectivity index is 2.58. The molecule has 0 amide bonds. The first-order valence-electron chi connectivity index (χ1n) is 7.33. The largest absolute Gasteiger partial charge is 0.394 e. The second-order valence-electron chi connectivity index (χ2n) is 6.33. The summed E-state index contributed by atoms with van der Waals surface area (Å²) >= 11 is 0. The van der Waals surface area contributed by atoms with Crippen LogP contribution in [0.1, 0.15) is 46.0 Å². The van der Waals surface area contributed by atoms with Crippen LogP contribution in [0.3, 0.4) is 0 Å². The monoisotopic (exact) mass is 296 g/mol. The van der Waals surface area contributed by atoms with Crippen molar-refractivity contribution < 1.29 is 18.3 Å². The van der Waals surface area contributed by atoms with Gasteiger partial charge in [-0.15, -0.1) is 0 Å². The molecular weight excluding hydrogens is 269 g/mol. The number of nitrogens with one attached hydrogen (secondary N) is 1. The Bertz CT molecular complexity index is 297. The van der Waals surface area contributed by atoms with Gasteiger partial charge in [0.15, 0.2) is 0 Å². The lowest BCUT2D eigenvalue weighted by Gasteiger charge is -2.44. The van der Waals surface area contributed by atoms with E-state index in [9.17, 15) is 18.3 Å². The van der Waals surface area contributed by atoms with Crippen LogP contribution in [-0.4, -0.2) is 54.0 Å². The highest BCUT2D eigenvalue weighted by molar-refractivity contribution is 4.96. The van der Waals surface area contributed by atoms with Gasteiger partial charge in [-0.1, -0.05) is 13.8 Å². The molecule has 0 aliphatic heterocycles. The fourth-order valence-corrected chi connectivity index (χ4v) is 3.13. The number of hydrogen-bond acceptors (Lipinski definition) is 3. The minimum atomic E-state index is -4.10. The van der Waals surface area contributed by atoms with E-state index >= 15 is 0 Å². The fraction of sp³-hybridized carbons (Fsp3) is 1.00. The minimum Gasteiger partial charge on any atom is -0.394 e. The molecule has 120 valence electrons. The summed E-state index contributed by atoms with van der Waals surface area (Å²) in [7, 11) is 1.75. The highest BCUT2D eigenvalue weighted by Gasteiger charge is 2.38. The lowest BCUT2D eigenvalue weighted by molar-refractivity contribution is -0.139. The summed E-state index contributed by atoms with van der Waals surface area (Å²) in [4.78, 5) is 1.79. The van der Waals surface area contributed by atoms with Crippen molar-refractivity contribution in [3.8, 4) is 0 Å². The molecule has 0 radical (unpaired) electrons. The van der Waals surface area contributed by atoms with Gasteiger partial charge in [0.25, 0.3) is 0 Å². The molecule has 1 saturated carbocycles. The van der Waals surface area contributed by atoms with E-state index in [1.165, 1.54) is 0 Å². The molecule has 2 unspecified atom stereocenters. The first-order chi connectivity index (χ1) is 9.17. The van der Waals surface area contributed by atoms with Crippen LogP contribution in [0.2, 0.25) is 0 Å². The Kier molecular flexibility index (Phi) is 6.28. The van der Waals surface area contributed by atoms with Gasteiger partial charge in [-0.25, -0.2) is 0 Å². The minimum absolute atomic E-state index is 0.0252. The summed E-state index contributed by atoms with van der Waals surface area (Å²) in [6.45, 7) is 4.11. The predicted octanol–water partition coefficient (Wildman–Crippen LogP) is 2.54. The second kappa shape index (κ2) is 7.09. The Morgan fingerprint density at radius 3 is 2.55 bits per heavy atom. The lowest BCUT2D eigenvalue weighted by atomic mass is 9.78. The summed E-state index contributed by atoms with van der Waals surface area (Å²) in [6.07, 6.45) is -1.46. The number of aliphatic hydroxyl groups is 1. The van der Waals surface area contributed by atoms with Gasteiger partial charge in [0.05, 0.1) is 13.0 Å². The van der Waals surface area contributed by atoms with E-state index in [2.05, 4.69) is 5.32 Å². The standard InChI is InChI=1S/C14H27F3N2O/c1-11(2)18-13(10-20)6-4-5-12(9-13)19(3)8-7-14(15,16)17/h11-12,18,20H,4-10H2,1-3H3. The highest BCUT2D eigenvalue weighted by atomic mass is 19.4. The average molecular weight is 296 g/mol. The van der Waals surface area contributed by atoms with Gasteiger partial charge in [0, 0.05) is 24.2 Å². The molecule has 6 heteroatoms. The third-order valence-corrected chi connectivity index (χ3v) is 4.09. The van der Waals surface area contributed by atoms with Crippen molar-refractivity contribution >= 4 is 0 Å². The van der Waals surface area contributed by atoms with Crippen LogP contribution in [0.25, 0.3) is 0 Å². The maximum absolute atomic E-state index is 12.3. The summed E-state index contributed by atoms with van der Waals surface area (Å²) < 4.78 is 36.9. The van der Waals surface area contributed by atoms with Gasteiger partial charge < -0.3 is 15.3 Å². The van der Waals surface area contributed by atoms with E-state index in [0.29, 0.717) is 6.42 Å². The van der Waals surface area contributed by atoms with Crippen molar-refractivity contribution in [3.63, 3.8) is 0 Å². The zero-order valence-electron chi connectivity index (χ0n) is 12.6. The number of rotatable bonds is 6. The molecular formula is C14H27F3N2O. The van der Waals surface area contributed by atoms with Crippen molar-refractivity contribution in [1.82, 2.24) is 10.2 Å². The Labute approximate surface area is 119 Å². The first-order valence-corrected chi connectivity index (χ1v) is 7.33. The summed E-state index contributed by atoms with van der Waals surface area (Å²) in [5.74, 6) is 0. The van der Waals surface area contributed by atoms with Gasteiger partial charge in [-0.2, -0.15) is 13.2 Å². The molecule has 0 heterocycles. The first kappa shape index (κ1) is 17.7. The molecule has 1 fully saturated rings. The van der Waals surface area contributed by atoms with E-state index in [1.54, 1.807) is 11.9 Å². The molecule has 0 spiro atoms. The van der Waals surface area contributed by atoms with Crippen molar-refractivity contribution in [2.24, 2.45) is 0 Å². The second-order valence-corrected chi connectivity index (χ2v) is 6.33. The zero-order chi connectivity index (χ0) is 15.4. The molecule has 2 atom stereocenters. The number of aliphatic hydroxyl groups excluding tert-OH is 1. The van der Waals surface area contributed by atoms with Crippen LogP contribution in [0.15, 0.2) is 0 Å². The topological polar surface area (TPSA) is 35.5 Å². The summed E-state index contributed by atoms with van der Waals surface area (Å²) in [6, 6.07) is 0.353. The van der Waals surface area contributed by atoms with Gasteiger partial charge in [-0.05, 0) is 32.7 Å². The van der Waals surface area contributed by atoms with Crippen LogP contribution in [0, 0.1) is 0 Å². The van der Waals surface area contributed by atoms with Crippen LogP contribution < -0.4 is 5.32 Å². The Morgan fingerprint density at radius 1 is 1.40 bits per heavy atom. The van der Waals surface area contributed by atoms with Gasteiger partial charge in [0.2, 0.25) is 0 Å². The van der Waals surface area contributed by atoms with Gasteiger partial charge in [-0.3, -0.25) is 0 Å². The molecule has 0 saturated heterocycles. The quantitative estimate of drug-likeness (QED) is 0.790. The van der Waals surface area contributed by atoms with Crippen molar-refractivity contribution in [2.45, 2.75) is 69.8 Å². The molecule has 20 heavy (non-hydrogen) atoms. The van der Waals surface area contributed by atoms with E-state index < -0.39 is 12.6 Å². The Hall–Kier alpha value is -0.330. The third kappa shape index (κ3) is 5.58. The molecule has 0 aromatic rings. The highest BCUT2D eigenvalue weighted by Crippen LogP contribution is 2.32. The molecule has 0 aromatic heterocycles. The molecule has 3 nitrogen and oxygen atoms in total. The number of halogens is 3. The van der Waals surface area contributed by atoms with E-state index in [0.717, 1.165) is 19.3 Å². The average Bonchev–Trinajstić information content (AvgIpc) is 2.34. The van der Waals surface area contributed by atoms with Gasteiger partial charge >= 0.3 is 6.18 Å². The normalized spacial score (nSPS) is 28.4. The molecule has 2 N–H and O–H groups in total. The van der Waals surface area contributed by atoms with Crippen LogP contribution in [-0.2, 0) is 0 Å². The fourth-order valence-electron chi connectivity index (χ4n) is 3.13. The maximum Gasteiger partial charge on any atom is 0.390 e. The number of nitrogens with zero attached hydrogens (tertiary/aromatic N) is 1. The summed E-state index contributed by atoms with van der Waals surface area (Å²) in [5.41, 5.74) is -0.344. The maximum atomic E-state index is 12.3. The van der Waals surface area contributed by atoms with Crippen LogP contribution in [0.4, 0.5) is 13.2 Å². The van der Waals surface area contributed by atoms with E-state index in [-0.39, 0.29) is 30.8 Å². The van der Waals surface area contributed by atoms with E-state index in [4.69, 9.17) is 0 Å². The number of alkyl halides is 3. The van der Waals surface area contributed by atoms with E-state index in [1.807, 2.05) is 13.8 Å². The summed E-state index contributed by atoms with van der Waals surface area (Å²) in [5, 5.41) is 13.1. The molecule has 0 aromatic carbocycles. The van der Waals surface area contributed by atoms with Crippen molar-refractivity contribution in [3.05, 3.63) is 0 Å². The number of hydrogen-bond donors (Lipinski definition) is 2. The van der Waals surface area contributed by atoms with Crippen molar-refractivity contribution in [1.29, 1.82) is 0 Å². The van der Waals surface area contributed by atoms with Crippen molar-refractivity contribution in [2.75, 3.05) is 20.2 Å². The SMILES string of the molecule is CC(C)NC1(CO)CCCC(N(C)CCC(F)(F)F)C1. The van der Waals surface area contributed by atoms with Crippen LogP contribution in [0.5, 0.6) is 0 Å². The predicted molar refractivity (Wildman–Crippen MR) is 73.6 cm³/mol. The Morgan fingerprint density at radius 2 is 2.05 bits per heavy atom. The molecule has 1 rings (SSSR count). The zero-order valence-corrected chi connectivity index (χ0v) is 12.6. The molecule has 1 aliphatic rings. The lowest BCUT2D eigenvalue weighted by Crippen LogP contribution is -2.57. The van der Waals surface area contributed by atoms with Gasteiger partial charge in [0.1, 0.15) is 0 Å². The molecule has 1 aliphatic carbocycles.